The summed E-state index contributed by atoms with van der Waals surface area (Å²) < 4.78 is 33.5. The molecule has 0 spiro atoms. The molecule has 0 amide bonds. The number of aliphatic hydroxyl groups excluding tert-OH is 5. The number of unbranched alkanes of at least 4 members (excludes halogenated alkanes) is 13. The van der Waals surface area contributed by atoms with Crippen molar-refractivity contribution in [2.45, 2.75) is 211 Å². The maximum atomic E-state index is 12.8. The monoisotopic (exact) mass is 965 g/mol. The number of hydrogen-bond acceptors (Lipinski definition) is 13. The number of carbonyl (C=O) groups is 3. The summed E-state index contributed by atoms with van der Waals surface area (Å²) in [5.41, 5.74) is 0. The largest absolute Gasteiger partial charge is 0.472 e. The third-order valence-corrected chi connectivity index (χ3v) is 11.9. The van der Waals surface area contributed by atoms with Gasteiger partial charge in [-0.05, 0) is 83.1 Å². The Hall–Kier alpha value is -3.30. The molecule has 15 heteroatoms. The van der Waals surface area contributed by atoms with Gasteiger partial charge in [0.2, 0.25) is 0 Å². The first kappa shape index (κ1) is 61.7. The van der Waals surface area contributed by atoms with Gasteiger partial charge >= 0.3 is 19.8 Å². The van der Waals surface area contributed by atoms with Gasteiger partial charge in [0, 0.05) is 19.3 Å². The van der Waals surface area contributed by atoms with Crippen LogP contribution in [0.25, 0.3) is 0 Å². The van der Waals surface area contributed by atoms with Crippen LogP contribution in [0.3, 0.4) is 0 Å². The summed E-state index contributed by atoms with van der Waals surface area (Å²) in [4.78, 5) is 47.5. The maximum Gasteiger partial charge on any atom is 0.472 e. The molecule has 1 fully saturated rings. The standard InChI is InChI=1S/C52H85O14P/c1-3-5-7-8-9-10-11-12-13-14-15-16-17-18-19-22-25-28-31-35-39-45(54)63-41-44(42-64-67(61,62)66-52-50(59)48(57)47(56)49(58)51(52)60)65-46(55)40-36-32-29-26-23-20-21-24-27-30-34-38-43(53)37-33-6-4-2/h10-11,13-14,16-17,20-21,26-27,29-30,34,38,44,47-52,56-60H,3-9,12,15,18-19,22-25,28,31-33,35-37,39-42H2,1-2H3,(H,61,62)/b11-10-,14-13-,17-16-,21-20-,29-26-,30-27-,38-34+/t44-,47?,48-,49+,50-,51-,52?/m1/s1. The van der Waals surface area contributed by atoms with Gasteiger partial charge in [-0.15, -0.1) is 0 Å². The van der Waals surface area contributed by atoms with E-state index in [1.807, 2.05) is 36.5 Å². The second-order valence-corrected chi connectivity index (χ2v) is 18.4. The predicted molar refractivity (Wildman–Crippen MR) is 263 cm³/mol. The van der Waals surface area contributed by atoms with E-state index in [0.29, 0.717) is 32.1 Å². The highest BCUT2D eigenvalue weighted by atomic mass is 31.2. The molecule has 1 saturated carbocycles. The van der Waals surface area contributed by atoms with Crippen molar-refractivity contribution in [1.29, 1.82) is 0 Å². The summed E-state index contributed by atoms with van der Waals surface area (Å²) in [5, 5.41) is 50.2. The van der Waals surface area contributed by atoms with Crippen LogP contribution in [0.4, 0.5) is 0 Å². The second kappa shape index (κ2) is 40.6. The molecule has 0 bridgehead atoms. The Bertz CT molecular complexity index is 1550. The molecule has 0 aliphatic heterocycles. The van der Waals surface area contributed by atoms with E-state index in [2.05, 4.69) is 50.3 Å². The van der Waals surface area contributed by atoms with E-state index in [1.54, 1.807) is 12.2 Å². The van der Waals surface area contributed by atoms with Crippen LogP contribution in [0, 0.1) is 0 Å². The van der Waals surface area contributed by atoms with Crippen molar-refractivity contribution in [3.8, 4) is 0 Å². The number of carbonyl (C=O) groups excluding carboxylic acids is 3. The first-order valence-corrected chi connectivity index (χ1v) is 26.3. The van der Waals surface area contributed by atoms with Crippen molar-refractivity contribution >= 4 is 25.5 Å². The lowest BCUT2D eigenvalue weighted by atomic mass is 9.85. The van der Waals surface area contributed by atoms with E-state index in [-0.39, 0.29) is 18.6 Å². The molecule has 1 rings (SSSR count). The summed E-state index contributed by atoms with van der Waals surface area (Å²) in [6.07, 6.45) is 36.1. The average Bonchev–Trinajstić information content (AvgIpc) is 3.30. The number of phosphoric ester groups is 1. The fourth-order valence-electron chi connectivity index (χ4n) is 6.89. The molecule has 67 heavy (non-hydrogen) atoms. The van der Waals surface area contributed by atoms with Gasteiger partial charge in [-0.1, -0.05) is 151 Å². The molecule has 382 valence electrons. The SMILES string of the molecule is CCCCCC/C=C\C/C=C\C/C=C\CCCCCCCCC(=O)OC[C@H](COP(=O)(O)OC1[C@H](O)[C@H](O)C(O)[C@H](O)[C@H]1O)OC(=O)CCC/C=C\C/C=C\C/C=C\C=C\C(=O)CCCCC. The van der Waals surface area contributed by atoms with E-state index in [4.69, 9.17) is 18.5 Å². The molecule has 0 saturated heterocycles. The molecule has 0 aromatic rings. The minimum atomic E-state index is -5.16. The molecule has 14 nitrogen and oxygen atoms in total. The minimum absolute atomic E-state index is 0.0130. The van der Waals surface area contributed by atoms with Crippen molar-refractivity contribution < 1.29 is 67.9 Å². The average molecular weight is 965 g/mol. The van der Waals surface area contributed by atoms with Crippen molar-refractivity contribution in [3.05, 3.63) is 85.1 Å². The number of esters is 2. The Kier molecular flexibility index (Phi) is 37.4. The zero-order valence-electron chi connectivity index (χ0n) is 40.4. The first-order chi connectivity index (χ1) is 32.3. The van der Waals surface area contributed by atoms with Crippen molar-refractivity contribution in [2.75, 3.05) is 13.2 Å². The van der Waals surface area contributed by atoms with Gasteiger partial charge in [-0.25, -0.2) is 4.57 Å². The lowest BCUT2D eigenvalue weighted by Gasteiger charge is -2.41. The van der Waals surface area contributed by atoms with E-state index < -0.39 is 75.7 Å². The predicted octanol–water partition coefficient (Wildman–Crippen LogP) is 9.63. The Labute approximate surface area is 401 Å². The van der Waals surface area contributed by atoms with E-state index in [0.717, 1.165) is 77.0 Å². The topological polar surface area (TPSA) is 227 Å². The zero-order valence-corrected chi connectivity index (χ0v) is 41.3. The van der Waals surface area contributed by atoms with E-state index >= 15 is 0 Å². The number of ketones is 1. The van der Waals surface area contributed by atoms with Crippen molar-refractivity contribution in [2.24, 2.45) is 0 Å². The Morgan fingerprint density at radius 2 is 0.955 bits per heavy atom. The second-order valence-electron chi connectivity index (χ2n) is 17.0. The van der Waals surface area contributed by atoms with E-state index in [1.165, 1.54) is 32.1 Å². The van der Waals surface area contributed by atoms with Crippen LogP contribution < -0.4 is 0 Å². The van der Waals surface area contributed by atoms with Crippen LogP contribution in [0.2, 0.25) is 0 Å². The van der Waals surface area contributed by atoms with Crippen LogP contribution >= 0.6 is 7.82 Å². The molecule has 0 aromatic heterocycles. The Morgan fingerprint density at radius 1 is 0.507 bits per heavy atom. The maximum absolute atomic E-state index is 12.8. The fraction of sp³-hybridized carbons (Fsp3) is 0.673. The Morgan fingerprint density at radius 3 is 1.54 bits per heavy atom. The van der Waals surface area contributed by atoms with Crippen molar-refractivity contribution in [1.82, 2.24) is 0 Å². The Balaban J connectivity index is 2.49. The van der Waals surface area contributed by atoms with Crippen LogP contribution in [0.1, 0.15) is 168 Å². The molecule has 1 aliphatic rings. The summed E-state index contributed by atoms with van der Waals surface area (Å²) in [6, 6.07) is 0. The summed E-state index contributed by atoms with van der Waals surface area (Å²) in [7, 11) is -5.16. The highest BCUT2D eigenvalue weighted by Crippen LogP contribution is 2.47. The third-order valence-electron chi connectivity index (χ3n) is 10.9. The quantitative estimate of drug-likeness (QED) is 0.00840. The van der Waals surface area contributed by atoms with Crippen LogP contribution in [-0.4, -0.2) is 104 Å². The molecule has 6 N–H and O–H groups in total. The van der Waals surface area contributed by atoms with E-state index in [9.17, 15) is 49.4 Å². The van der Waals surface area contributed by atoms with Gasteiger partial charge in [0.25, 0.3) is 0 Å². The zero-order chi connectivity index (χ0) is 49.4. The molecular weight excluding hydrogens is 880 g/mol. The minimum Gasteiger partial charge on any atom is -0.462 e. The van der Waals surface area contributed by atoms with Crippen LogP contribution in [0.15, 0.2) is 85.1 Å². The molecule has 1 aliphatic carbocycles. The lowest BCUT2D eigenvalue weighted by Crippen LogP contribution is -2.64. The molecule has 0 aromatic carbocycles. The summed E-state index contributed by atoms with van der Waals surface area (Å²) in [6.45, 7) is 3.06. The number of aliphatic hydroxyl groups is 5. The van der Waals surface area contributed by atoms with Gasteiger partial charge < -0.3 is 39.9 Å². The summed E-state index contributed by atoms with van der Waals surface area (Å²) >= 11 is 0. The van der Waals surface area contributed by atoms with Gasteiger partial charge in [0.1, 0.15) is 43.2 Å². The first-order valence-electron chi connectivity index (χ1n) is 24.8. The number of phosphoric acid groups is 1. The molecule has 0 radical (unpaired) electrons. The lowest BCUT2D eigenvalue weighted by molar-refractivity contribution is -0.220. The smallest absolute Gasteiger partial charge is 0.462 e. The van der Waals surface area contributed by atoms with Crippen LogP contribution in [-0.2, 0) is 37.5 Å². The number of ether oxygens (including phenoxy) is 2. The van der Waals surface area contributed by atoms with Gasteiger partial charge in [-0.3, -0.25) is 23.4 Å². The number of rotatable bonds is 40. The van der Waals surface area contributed by atoms with Crippen molar-refractivity contribution in [3.63, 3.8) is 0 Å². The molecule has 0 heterocycles. The number of allylic oxidation sites excluding steroid dienone is 14. The highest BCUT2D eigenvalue weighted by molar-refractivity contribution is 7.47. The van der Waals surface area contributed by atoms with Crippen LogP contribution in [0.5, 0.6) is 0 Å². The van der Waals surface area contributed by atoms with Gasteiger partial charge in [0.05, 0.1) is 6.61 Å². The highest BCUT2D eigenvalue weighted by Gasteiger charge is 2.51. The van der Waals surface area contributed by atoms with Gasteiger partial charge in [-0.2, -0.15) is 0 Å². The normalized spacial score (nSPS) is 21.8. The third kappa shape index (κ3) is 33.0. The fourth-order valence-corrected chi connectivity index (χ4v) is 7.86. The number of hydrogen-bond donors (Lipinski definition) is 6. The molecule has 8 atom stereocenters. The molecular formula is C52H85O14P. The summed E-state index contributed by atoms with van der Waals surface area (Å²) in [5.74, 6) is -1.09. The molecule has 3 unspecified atom stereocenters. The van der Waals surface area contributed by atoms with Gasteiger partial charge in [0.15, 0.2) is 11.9 Å².